The molecule has 0 aliphatic carbocycles. The molecule has 0 aliphatic heterocycles. The van der Waals surface area contributed by atoms with Crippen molar-refractivity contribution < 1.29 is 4.74 Å². The largest absolute Gasteiger partial charge is 0.489 e. The van der Waals surface area contributed by atoms with Gasteiger partial charge in [0.25, 0.3) is 0 Å². The van der Waals surface area contributed by atoms with Crippen LogP contribution in [0, 0.1) is 6.92 Å². The Morgan fingerprint density at radius 3 is 2.80 bits per heavy atom. The lowest BCUT2D eigenvalue weighted by Crippen LogP contribution is -2.20. The highest BCUT2D eigenvalue weighted by Gasteiger charge is 2.13. The smallest absolute Gasteiger partial charge is 0.124 e. The Hall–Kier alpha value is -2.24. The molecular weight excluding hydrogens is 330 g/mol. The molecular formula is C20H23N3OS. The zero-order valence-corrected chi connectivity index (χ0v) is 15.4. The van der Waals surface area contributed by atoms with Crippen LogP contribution in [0.25, 0.3) is 0 Å². The summed E-state index contributed by atoms with van der Waals surface area (Å²) in [5, 5.41) is 6.86. The van der Waals surface area contributed by atoms with Gasteiger partial charge in [0.05, 0.1) is 6.04 Å². The molecule has 4 nitrogen and oxygen atoms in total. The first-order valence-corrected chi connectivity index (χ1v) is 9.39. The number of aromatic nitrogens is 2. The van der Waals surface area contributed by atoms with E-state index in [1.165, 1.54) is 0 Å². The Kier molecular flexibility index (Phi) is 6.14. The normalized spacial score (nSPS) is 12.1. The molecule has 1 aromatic carbocycles. The second kappa shape index (κ2) is 8.74. The van der Waals surface area contributed by atoms with Crippen molar-refractivity contribution in [1.82, 2.24) is 15.3 Å². The van der Waals surface area contributed by atoms with E-state index in [1.807, 2.05) is 43.5 Å². The molecule has 25 heavy (non-hydrogen) atoms. The lowest BCUT2D eigenvalue weighted by molar-refractivity contribution is 0.301. The molecule has 3 rings (SSSR count). The van der Waals surface area contributed by atoms with Crippen molar-refractivity contribution >= 4 is 11.3 Å². The summed E-state index contributed by atoms with van der Waals surface area (Å²) < 4.78 is 6.01. The molecule has 0 amide bonds. The molecule has 3 aromatic rings. The van der Waals surface area contributed by atoms with Gasteiger partial charge in [-0.3, -0.25) is 4.98 Å². The highest BCUT2D eigenvalue weighted by atomic mass is 32.1. The SMILES string of the molecule is CCC(NCc1ccccc1OCc1cccnc1)c1nc(C)cs1. The van der Waals surface area contributed by atoms with Gasteiger partial charge < -0.3 is 10.1 Å². The van der Waals surface area contributed by atoms with Gasteiger partial charge in [-0.05, 0) is 25.5 Å². The lowest BCUT2D eigenvalue weighted by atomic mass is 10.1. The number of thiazole rings is 1. The fourth-order valence-corrected chi connectivity index (χ4v) is 3.56. The molecule has 0 fully saturated rings. The fourth-order valence-electron chi connectivity index (χ4n) is 2.61. The van der Waals surface area contributed by atoms with Crippen LogP contribution in [0.3, 0.4) is 0 Å². The Balaban J connectivity index is 1.64. The van der Waals surface area contributed by atoms with E-state index in [2.05, 4.69) is 33.7 Å². The molecule has 1 unspecified atom stereocenters. The van der Waals surface area contributed by atoms with Crippen LogP contribution in [0.15, 0.2) is 54.2 Å². The zero-order valence-electron chi connectivity index (χ0n) is 14.6. The summed E-state index contributed by atoms with van der Waals surface area (Å²) in [4.78, 5) is 8.74. The summed E-state index contributed by atoms with van der Waals surface area (Å²) in [6.45, 7) is 5.49. The third kappa shape index (κ3) is 4.87. The number of aryl methyl sites for hydroxylation is 1. The van der Waals surface area contributed by atoms with Crippen LogP contribution < -0.4 is 10.1 Å². The van der Waals surface area contributed by atoms with Gasteiger partial charge in [-0.1, -0.05) is 31.2 Å². The summed E-state index contributed by atoms with van der Waals surface area (Å²) in [7, 11) is 0. The average Bonchev–Trinajstić information content (AvgIpc) is 3.08. The maximum Gasteiger partial charge on any atom is 0.124 e. The highest BCUT2D eigenvalue weighted by Crippen LogP contribution is 2.24. The van der Waals surface area contributed by atoms with E-state index in [0.717, 1.165) is 40.5 Å². The van der Waals surface area contributed by atoms with Crippen molar-refractivity contribution in [3.63, 3.8) is 0 Å². The molecule has 0 saturated heterocycles. The van der Waals surface area contributed by atoms with Crippen molar-refractivity contribution in [2.24, 2.45) is 0 Å². The lowest BCUT2D eigenvalue weighted by Gasteiger charge is -2.17. The topological polar surface area (TPSA) is 47.0 Å². The number of nitrogens with zero attached hydrogens (tertiary/aromatic N) is 2. The molecule has 1 atom stereocenters. The van der Waals surface area contributed by atoms with Crippen LogP contribution in [-0.2, 0) is 13.2 Å². The van der Waals surface area contributed by atoms with Crippen molar-refractivity contribution in [3.8, 4) is 5.75 Å². The summed E-state index contributed by atoms with van der Waals surface area (Å²) in [6.07, 6.45) is 4.61. The summed E-state index contributed by atoms with van der Waals surface area (Å²) in [5.74, 6) is 0.907. The van der Waals surface area contributed by atoms with E-state index in [4.69, 9.17) is 4.74 Å². The molecule has 5 heteroatoms. The molecule has 1 N–H and O–H groups in total. The number of ether oxygens (including phenoxy) is 1. The quantitative estimate of drug-likeness (QED) is 0.639. The van der Waals surface area contributed by atoms with Crippen molar-refractivity contribution in [2.75, 3.05) is 0 Å². The van der Waals surface area contributed by atoms with Crippen molar-refractivity contribution in [3.05, 3.63) is 76.0 Å². The molecule has 0 bridgehead atoms. The van der Waals surface area contributed by atoms with Crippen LogP contribution >= 0.6 is 11.3 Å². The van der Waals surface area contributed by atoms with Gasteiger partial charge in [-0.25, -0.2) is 4.98 Å². The monoisotopic (exact) mass is 353 g/mol. The van der Waals surface area contributed by atoms with Gasteiger partial charge in [0, 0.05) is 41.1 Å². The number of nitrogens with one attached hydrogen (secondary N) is 1. The van der Waals surface area contributed by atoms with Crippen LogP contribution in [0.1, 0.15) is 41.2 Å². The molecule has 2 heterocycles. The first-order chi connectivity index (χ1) is 12.3. The maximum atomic E-state index is 6.01. The first kappa shape index (κ1) is 17.6. The predicted octanol–water partition coefficient (Wildman–Crippen LogP) is 4.67. The molecule has 0 aliphatic rings. The number of pyridine rings is 1. The standard InChI is InChI=1S/C20H23N3OS/c1-3-18(20-23-15(2)14-25-20)22-12-17-8-4-5-9-19(17)24-13-16-7-6-10-21-11-16/h4-11,14,18,22H,3,12-13H2,1-2H3. The van der Waals surface area contributed by atoms with Gasteiger partial charge in [0.15, 0.2) is 0 Å². The second-order valence-electron chi connectivity index (χ2n) is 5.93. The van der Waals surface area contributed by atoms with Gasteiger partial charge in [0.1, 0.15) is 17.4 Å². The molecule has 0 radical (unpaired) electrons. The van der Waals surface area contributed by atoms with Gasteiger partial charge in [0.2, 0.25) is 0 Å². The summed E-state index contributed by atoms with van der Waals surface area (Å²) >= 11 is 1.72. The molecule has 130 valence electrons. The summed E-state index contributed by atoms with van der Waals surface area (Å²) in [5.41, 5.74) is 3.30. The molecule has 0 saturated carbocycles. The Morgan fingerprint density at radius 2 is 2.08 bits per heavy atom. The average molecular weight is 353 g/mol. The number of rotatable bonds is 8. The van der Waals surface area contributed by atoms with Gasteiger partial charge in [-0.2, -0.15) is 0 Å². The third-order valence-corrected chi connectivity index (χ3v) is 5.05. The van der Waals surface area contributed by atoms with Crippen LogP contribution in [0.2, 0.25) is 0 Å². The van der Waals surface area contributed by atoms with E-state index >= 15 is 0 Å². The van der Waals surface area contributed by atoms with Crippen molar-refractivity contribution in [1.29, 1.82) is 0 Å². The molecule has 0 spiro atoms. The van der Waals surface area contributed by atoms with E-state index in [9.17, 15) is 0 Å². The minimum atomic E-state index is 0.269. The Labute approximate surface area is 152 Å². The van der Waals surface area contributed by atoms with Crippen LogP contribution in [-0.4, -0.2) is 9.97 Å². The third-order valence-electron chi connectivity index (χ3n) is 3.97. The highest BCUT2D eigenvalue weighted by molar-refractivity contribution is 7.09. The summed E-state index contributed by atoms with van der Waals surface area (Å²) in [6, 6.07) is 12.4. The van der Waals surface area contributed by atoms with Gasteiger partial charge in [-0.15, -0.1) is 11.3 Å². The minimum absolute atomic E-state index is 0.269. The van der Waals surface area contributed by atoms with Crippen LogP contribution in [0.5, 0.6) is 5.75 Å². The number of hydrogen-bond donors (Lipinski definition) is 1. The minimum Gasteiger partial charge on any atom is -0.489 e. The van der Waals surface area contributed by atoms with E-state index < -0.39 is 0 Å². The predicted molar refractivity (Wildman–Crippen MR) is 102 cm³/mol. The Morgan fingerprint density at radius 1 is 1.20 bits per heavy atom. The fraction of sp³-hybridized carbons (Fsp3) is 0.300. The zero-order chi connectivity index (χ0) is 17.5. The second-order valence-corrected chi connectivity index (χ2v) is 6.82. The number of hydrogen-bond acceptors (Lipinski definition) is 5. The van der Waals surface area contributed by atoms with E-state index in [-0.39, 0.29) is 6.04 Å². The number of benzene rings is 1. The number of para-hydroxylation sites is 1. The first-order valence-electron chi connectivity index (χ1n) is 8.51. The van der Waals surface area contributed by atoms with Crippen molar-refractivity contribution in [2.45, 2.75) is 39.5 Å². The van der Waals surface area contributed by atoms with E-state index in [1.54, 1.807) is 17.5 Å². The van der Waals surface area contributed by atoms with Gasteiger partial charge >= 0.3 is 0 Å². The van der Waals surface area contributed by atoms with E-state index in [0.29, 0.717) is 6.61 Å². The maximum absolute atomic E-state index is 6.01. The van der Waals surface area contributed by atoms with Crippen LogP contribution in [0.4, 0.5) is 0 Å². The molecule has 2 aromatic heterocycles. The Bertz CT molecular complexity index is 788.